The van der Waals surface area contributed by atoms with E-state index in [1.165, 1.54) is 16.7 Å². The molecule has 1 aromatic rings. The Labute approximate surface area is 117 Å². The Kier molecular flexibility index (Phi) is 3.58. The Morgan fingerprint density at radius 2 is 1.74 bits per heavy atom. The predicted molar refractivity (Wildman–Crippen MR) is 84.1 cm³/mol. The number of allylic oxidation sites excluding steroid dienone is 4. The van der Waals surface area contributed by atoms with Crippen LogP contribution >= 0.6 is 0 Å². The van der Waals surface area contributed by atoms with Crippen LogP contribution < -0.4 is 5.73 Å². The molecule has 0 bridgehead atoms. The van der Waals surface area contributed by atoms with Gasteiger partial charge in [-0.1, -0.05) is 63.6 Å². The average molecular weight is 255 g/mol. The number of anilines is 1. The van der Waals surface area contributed by atoms with Crippen LogP contribution in [0.3, 0.4) is 0 Å². The number of hydrogen-bond donors (Lipinski definition) is 1. The summed E-state index contributed by atoms with van der Waals surface area (Å²) in [7, 11) is 0. The summed E-state index contributed by atoms with van der Waals surface area (Å²) < 4.78 is 0. The molecule has 0 amide bonds. The lowest BCUT2D eigenvalue weighted by atomic mass is 9.72. The third-order valence-corrected chi connectivity index (χ3v) is 4.04. The predicted octanol–water partition coefficient (Wildman–Crippen LogP) is 4.92. The molecule has 2 unspecified atom stereocenters. The van der Waals surface area contributed by atoms with Crippen molar-refractivity contribution in [1.82, 2.24) is 0 Å². The highest BCUT2D eigenvalue weighted by molar-refractivity contribution is 5.53. The van der Waals surface area contributed by atoms with Crippen molar-refractivity contribution in [1.29, 1.82) is 0 Å². The van der Waals surface area contributed by atoms with Crippen LogP contribution in [0.1, 0.15) is 46.1 Å². The van der Waals surface area contributed by atoms with E-state index in [1.807, 2.05) is 12.1 Å². The van der Waals surface area contributed by atoms with Gasteiger partial charge in [0.2, 0.25) is 0 Å². The third-order valence-electron chi connectivity index (χ3n) is 4.04. The second-order valence-electron chi connectivity index (χ2n) is 6.73. The highest BCUT2D eigenvalue weighted by atomic mass is 14.6. The van der Waals surface area contributed by atoms with E-state index in [0.29, 0.717) is 11.8 Å². The number of nitrogens with two attached hydrogens (primary N) is 1. The molecule has 1 aromatic carbocycles. The molecule has 0 saturated heterocycles. The van der Waals surface area contributed by atoms with Crippen molar-refractivity contribution in [2.45, 2.75) is 40.5 Å². The summed E-state index contributed by atoms with van der Waals surface area (Å²) in [4.78, 5) is 0. The first kappa shape index (κ1) is 13.9. The number of hydrogen-bond acceptors (Lipinski definition) is 1. The van der Waals surface area contributed by atoms with Crippen molar-refractivity contribution < 1.29 is 0 Å². The highest BCUT2D eigenvalue weighted by Gasteiger charge is 2.28. The van der Waals surface area contributed by atoms with Crippen molar-refractivity contribution >= 4 is 5.69 Å². The van der Waals surface area contributed by atoms with E-state index < -0.39 is 0 Å². The summed E-state index contributed by atoms with van der Waals surface area (Å²) in [5, 5.41) is 0. The van der Waals surface area contributed by atoms with Crippen LogP contribution in [0.15, 0.2) is 47.6 Å². The van der Waals surface area contributed by atoms with Gasteiger partial charge in [0.15, 0.2) is 0 Å². The zero-order valence-corrected chi connectivity index (χ0v) is 12.7. The Hall–Kier alpha value is -1.50. The normalized spacial score (nSPS) is 23.8. The molecule has 1 heteroatoms. The van der Waals surface area contributed by atoms with Crippen molar-refractivity contribution in [2.75, 3.05) is 5.73 Å². The zero-order valence-electron chi connectivity index (χ0n) is 12.7. The van der Waals surface area contributed by atoms with Gasteiger partial charge in [-0.15, -0.1) is 0 Å². The number of para-hydroxylation sites is 1. The van der Waals surface area contributed by atoms with Crippen molar-refractivity contribution in [2.24, 2.45) is 11.3 Å². The molecular weight excluding hydrogens is 230 g/mol. The first-order chi connectivity index (χ1) is 8.80. The molecule has 0 saturated carbocycles. The Balaban J connectivity index is 2.41. The van der Waals surface area contributed by atoms with Gasteiger partial charge in [-0.25, -0.2) is 0 Å². The average Bonchev–Trinajstić information content (AvgIpc) is 2.29. The topological polar surface area (TPSA) is 26.0 Å². The minimum Gasteiger partial charge on any atom is -0.398 e. The molecule has 1 aliphatic carbocycles. The maximum absolute atomic E-state index is 6.15. The molecule has 2 rings (SSSR count). The summed E-state index contributed by atoms with van der Waals surface area (Å²) >= 11 is 0. The molecule has 2 N–H and O–H groups in total. The molecule has 1 nitrogen and oxygen atoms in total. The maximum Gasteiger partial charge on any atom is 0.0352 e. The number of nitrogen functional groups attached to an aromatic ring is 1. The maximum atomic E-state index is 6.15. The fraction of sp³-hybridized carbons (Fsp3) is 0.444. The molecule has 0 fully saturated rings. The van der Waals surface area contributed by atoms with Crippen LogP contribution in [-0.2, 0) is 0 Å². The summed E-state index contributed by atoms with van der Waals surface area (Å²) in [5.74, 6) is 0.899. The fourth-order valence-electron chi connectivity index (χ4n) is 2.97. The van der Waals surface area contributed by atoms with Crippen molar-refractivity contribution in [3.05, 3.63) is 53.1 Å². The standard InChI is InChI=1S/C18H25N/c1-12-10-14(18(3,4)5)11-13(2)17(12)15-8-6-7-9-16(15)19/h6-12,17H,19H2,1-5H3. The van der Waals surface area contributed by atoms with Crippen LogP contribution in [0.25, 0.3) is 0 Å². The Bertz CT molecular complexity index is 529. The van der Waals surface area contributed by atoms with Gasteiger partial charge < -0.3 is 5.73 Å². The van der Waals surface area contributed by atoms with Crippen LogP contribution in [0.4, 0.5) is 5.69 Å². The Morgan fingerprint density at radius 3 is 2.26 bits per heavy atom. The first-order valence-electron chi connectivity index (χ1n) is 7.05. The van der Waals surface area contributed by atoms with E-state index in [2.05, 4.69) is 58.9 Å². The molecule has 0 aliphatic heterocycles. The monoisotopic (exact) mass is 255 g/mol. The molecule has 102 valence electrons. The van der Waals surface area contributed by atoms with E-state index >= 15 is 0 Å². The lowest BCUT2D eigenvalue weighted by molar-refractivity contribution is 0.491. The summed E-state index contributed by atoms with van der Waals surface area (Å²) in [5.41, 5.74) is 11.4. The van der Waals surface area contributed by atoms with E-state index in [4.69, 9.17) is 5.73 Å². The van der Waals surface area contributed by atoms with Crippen molar-refractivity contribution in [3.8, 4) is 0 Å². The number of benzene rings is 1. The Morgan fingerprint density at radius 1 is 1.11 bits per heavy atom. The molecule has 1 aliphatic rings. The third kappa shape index (κ3) is 2.75. The van der Waals surface area contributed by atoms with E-state index in [1.54, 1.807) is 0 Å². The lowest BCUT2D eigenvalue weighted by Gasteiger charge is -2.33. The van der Waals surface area contributed by atoms with Crippen LogP contribution in [0, 0.1) is 11.3 Å². The molecule has 0 spiro atoms. The first-order valence-corrected chi connectivity index (χ1v) is 7.05. The fourth-order valence-corrected chi connectivity index (χ4v) is 2.97. The summed E-state index contributed by atoms with van der Waals surface area (Å²) in [6, 6.07) is 8.23. The van der Waals surface area contributed by atoms with Crippen molar-refractivity contribution in [3.63, 3.8) is 0 Å². The molecule has 0 aromatic heterocycles. The van der Waals surface area contributed by atoms with Gasteiger partial charge in [0, 0.05) is 11.6 Å². The molecule has 0 heterocycles. The van der Waals surface area contributed by atoms with Gasteiger partial charge >= 0.3 is 0 Å². The molecule has 2 atom stereocenters. The van der Waals surface area contributed by atoms with E-state index in [-0.39, 0.29) is 5.41 Å². The van der Waals surface area contributed by atoms with E-state index in [0.717, 1.165) is 5.69 Å². The summed E-state index contributed by atoms with van der Waals surface area (Å²) in [6.45, 7) is 11.3. The quantitative estimate of drug-likeness (QED) is 0.708. The smallest absolute Gasteiger partial charge is 0.0352 e. The lowest BCUT2D eigenvalue weighted by Crippen LogP contribution is -2.19. The second kappa shape index (κ2) is 4.88. The van der Waals surface area contributed by atoms with Gasteiger partial charge in [0.25, 0.3) is 0 Å². The van der Waals surface area contributed by atoms with E-state index in [9.17, 15) is 0 Å². The van der Waals surface area contributed by atoms with Gasteiger partial charge in [-0.2, -0.15) is 0 Å². The van der Waals surface area contributed by atoms with Gasteiger partial charge in [-0.3, -0.25) is 0 Å². The minimum absolute atomic E-state index is 0.211. The highest BCUT2D eigenvalue weighted by Crippen LogP contribution is 2.42. The van der Waals surface area contributed by atoms with Gasteiger partial charge in [0.1, 0.15) is 0 Å². The zero-order chi connectivity index (χ0) is 14.2. The van der Waals surface area contributed by atoms with Gasteiger partial charge in [0.05, 0.1) is 0 Å². The summed E-state index contributed by atoms with van der Waals surface area (Å²) in [6.07, 6.45) is 4.75. The SMILES string of the molecule is CC1=CC(C(C)(C)C)=CC(C)C1c1ccccc1N. The second-order valence-corrected chi connectivity index (χ2v) is 6.73. The molecule has 19 heavy (non-hydrogen) atoms. The van der Waals surface area contributed by atoms with Crippen LogP contribution in [0.5, 0.6) is 0 Å². The van der Waals surface area contributed by atoms with Crippen LogP contribution in [0.2, 0.25) is 0 Å². The number of rotatable bonds is 1. The van der Waals surface area contributed by atoms with Gasteiger partial charge in [-0.05, 0) is 35.5 Å². The molecular formula is C18H25N. The minimum atomic E-state index is 0.211. The van der Waals surface area contributed by atoms with Crippen LogP contribution in [-0.4, -0.2) is 0 Å². The molecule has 0 radical (unpaired) electrons. The largest absolute Gasteiger partial charge is 0.398 e.